The van der Waals surface area contributed by atoms with Crippen molar-refractivity contribution in [2.75, 3.05) is 32.4 Å². The van der Waals surface area contributed by atoms with Gasteiger partial charge in [-0.1, -0.05) is 6.07 Å². The standard InChI is InChI=1S/C29H31FN4O4S/c1-39-28-21(5-2-12-33-28)29(38)34-15-3-6-26(36)31-14-11-19-7-10-25(35)23(17-19)22-18-20(8-9-24(22)30)27(37)32-13-4-16-34/h2,5,7-10,12,17-18,35H,3-4,6,11,13-16H2,1H3,(H,31,36)(H,32,37). The van der Waals surface area contributed by atoms with E-state index in [9.17, 15) is 23.9 Å². The number of nitrogens with zero attached hydrogens (tertiary/aromatic N) is 2. The second kappa shape index (κ2) is 13.2. The monoisotopic (exact) mass is 550 g/mol. The number of phenols is 1. The number of hydrogen-bond acceptors (Lipinski definition) is 6. The summed E-state index contributed by atoms with van der Waals surface area (Å²) in [6, 6.07) is 12.3. The van der Waals surface area contributed by atoms with Crippen LogP contribution in [0.2, 0.25) is 0 Å². The second-order valence-electron chi connectivity index (χ2n) is 9.21. The van der Waals surface area contributed by atoms with E-state index in [0.29, 0.717) is 56.0 Å². The van der Waals surface area contributed by atoms with Gasteiger partial charge in [0.1, 0.15) is 16.6 Å². The van der Waals surface area contributed by atoms with Gasteiger partial charge in [-0.25, -0.2) is 9.37 Å². The molecule has 10 heteroatoms. The van der Waals surface area contributed by atoms with Crippen LogP contribution in [0, 0.1) is 5.82 Å². The lowest BCUT2D eigenvalue weighted by Gasteiger charge is -2.23. The van der Waals surface area contributed by atoms with Crippen LogP contribution in [-0.4, -0.2) is 65.1 Å². The van der Waals surface area contributed by atoms with Gasteiger partial charge in [-0.3, -0.25) is 14.4 Å². The molecule has 0 radical (unpaired) electrons. The van der Waals surface area contributed by atoms with E-state index in [1.165, 1.54) is 36.0 Å². The number of benzene rings is 2. The summed E-state index contributed by atoms with van der Waals surface area (Å²) in [5.74, 6) is -1.35. The molecule has 0 fully saturated rings. The number of thioether (sulfide) groups is 1. The van der Waals surface area contributed by atoms with Crippen LogP contribution in [0.15, 0.2) is 59.8 Å². The van der Waals surface area contributed by atoms with Crippen LogP contribution in [0.5, 0.6) is 5.75 Å². The van der Waals surface area contributed by atoms with Gasteiger partial charge >= 0.3 is 0 Å². The number of hydrogen-bond donors (Lipinski definition) is 3. The Morgan fingerprint density at radius 2 is 1.82 bits per heavy atom. The number of phenolic OH excluding ortho intramolecular Hbond substituents is 1. The van der Waals surface area contributed by atoms with Crippen molar-refractivity contribution in [2.24, 2.45) is 0 Å². The Labute approximate surface area is 231 Å². The minimum Gasteiger partial charge on any atom is -0.507 e. The molecule has 204 valence electrons. The SMILES string of the molecule is CSc1ncccc1C(=O)N1CCCNC(=O)c2ccc(F)c(c2)-c2cc(ccc2O)CCNC(=O)CCC1. The average Bonchev–Trinajstić information content (AvgIpc) is 2.94. The fraction of sp³-hybridized carbons (Fsp3) is 0.310. The molecule has 1 aliphatic rings. The van der Waals surface area contributed by atoms with Gasteiger partial charge in [-0.2, -0.15) is 0 Å². The van der Waals surface area contributed by atoms with E-state index in [0.717, 1.165) is 5.56 Å². The Morgan fingerprint density at radius 3 is 2.64 bits per heavy atom. The molecule has 3 amide bonds. The molecule has 0 spiro atoms. The number of aromatic nitrogens is 1. The lowest BCUT2D eigenvalue weighted by atomic mass is 9.98. The molecule has 2 heterocycles. The molecule has 2 aromatic carbocycles. The summed E-state index contributed by atoms with van der Waals surface area (Å²) in [7, 11) is 0. The van der Waals surface area contributed by atoms with Gasteiger partial charge < -0.3 is 20.6 Å². The van der Waals surface area contributed by atoms with Crippen molar-refractivity contribution in [3.05, 3.63) is 77.2 Å². The molecule has 39 heavy (non-hydrogen) atoms. The third-order valence-corrected chi connectivity index (χ3v) is 7.23. The Bertz CT molecular complexity index is 1370. The largest absolute Gasteiger partial charge is 0.507 e. The summed E-state index contributed by atoms with van der Waals surface area (Å²) >= 11 is 1.39. The summed E-state index contributed by atoms with van der Waals surface area (Å²) in [5, 5.41) is 16.8. The second-order valence-corrected chi connectivity index (χ2v) is 10.0. The van der Waals surface area contributed by atoms with Crippen LogP contribution in [-0.2, 0) is 11.2 Å². The predicted octanol–water partition coefficient (Wildman–Crippen LogP) is 4.03. The van der Waals surface area contributed by atoms with Gasteiger partial charge in [-0.05, 0) is 73.5 Å². The van der Waals surface area contributed by atoms with Crippen LogP contribution in [0.4, 0.5) is 4.39 Å². The quantitative estimate of drug-likeness (QED) is 0.416. The highest BCUT2D eigenvalue weighted by Gasteiger charge is 2.20. The van der Waals surface area contributed by atoms with E-state index in [1.807, 2.05) is 6.26 Å². The maximum absolute atomic E-state index is 14.8. The number of rotatable bonds is 2. The summed E-state index contributed by atoms with van der Waals surface area (Å²) in [6.07, 6.45) is 5.19. The number of fused-ring (bicyclic) bond motifs is 5. The molecular formula is C29H31FN4O4S. The fourth-order valence-electron chi connectivity index (χ4n) is 4.47. The van der Waals surface area contributed by atoms with Crippen LogP contribution < -0.4 is 10.6 Å². The number of pyridine rings is 1. The zero-order valence-electron chi connectivity index (χ0n) is 21.7. The first-order valence-corrected chi connectivity index (χ1v) is 14.0. The summed E-state index contributed by atoms with van der Waals surface area (Å²) in [4.78, 5) is 44.7. The minimum absolute atomic E-state index is 0.104. The molecule has 3 N–H and O–H groups in total. The molecule has 0 aliphatic carbocycles. The van der Waals surface area contributed by atoms with Crippen LogP contribution in [0.25, 0.3) is 11.1 Å². The molecule has 8 nitrogen and oxygen atoms in total. The highest BCUT2D eigenvalue weighted by Crippen LogP contribution is 2.33. The van der Waals surface area contributed by atoms with Crippen LogP contribution >= 0.6 is 11.8 Å². The first-order valence-electron chi connectivity index (χ1n) is 12.8. The van der Waals surface area contributed by atoms with E-state index in [1.54, 1.807) is 35.4 Å². The van der Waals surface area contributed by atoms with Crippen molar-refractivity contribution in [1.82, 2.24) is 20.5 Å². The maximum Gasteiger partial charge on any atom is 0.256 e. The lowest BCUT2D eigenvalue weighted by molar-refractivity contribution is -0.121. The summed E-state index contributed by atoms with van der Waals surface area (Å²) in [5.41, 5.74) is 1.95. The van der Waals surface area contributed by atoms with Crippen molar-refractivity contribution in [1.29, 1.82) is 0 Å². The molecule has 0 saturated carbocycles. The predicted molar refractivity (Wildman–Crippen MR) is 148 cm³/mol. The lowest BCUT2D eigenvalue weighted by Crippen LogP contribution is -2.36. The molecule has 0 saturated heterocycles. The normalized spacial score (nSPS) is 15.4. The summed E-state index contributed by atoms with van der Waals surface area (Å²) < 4.78 is 14.8. The zero-order chi connectivity index (χ0) is 27.8. The minimum atomic E-state index is -0.563. The number of carbonyl (C=O) groups excluding carboxylic acids is 3. The highest BCUT2D eigenvalue weighted by molar-refractivity contribution is 7.98. The van der Waals surface area contributed by atoms with Gasteiger partial charge in [0.15, 0.2) is 0 Å². The number of aromatic hydroxyl groups is 1. The number of nitrogens with one attached hydrogen (secondary N) is 2. The molecule has 4 rings (SSSR count). The van der Waals surface area contributed by atoms with Crippen LogP contribution in [0.3, 0.4) is 0 Å². The zero-order valence-corrected chi connectivity index (χ0v) is 22.5. The van der Waals surface area contributed by atoms with Gasteiger partial charge in [-0.15, -0.1) is 11.8 Å². The molecule has 3 aromatic rings. The summed E-state index contributed by atoms with van der Waals surface area (Å²) in [6.45, 7) is 1.41. The number of carbonyl (C=O) groups is 3. The topological polar surface area (TPSA) is 112 Å². The number of halogens is 1. The Hall–Kier alpha value is -3.92. The first kappa shape index (κ1) is 28.1. The van der Waals surface area contributed by atoms with Crippen molar-refractivity contribution in [3.63, 3.8) is 0 Å². The first-order chi connectivity index (χ1) is 18.9. The smallest absolute Gasteiger partial charge is 0.256 e. The molecule has 1 aromatic heterocycles. The third kappa shape index (κ3) is 7.14. The van der Waals surface area contributed by atoms with Gasteiger partial charge in [0.2, 0.25) is 5.91 Å². The van der Waals surface area contributed by atoms with E-state index < -0.39 is 5.82 Å². The van der Waals surface area contributed by atoms with Crippen LogP contribution in [0.1, 0.15) is 45.5 Å². The Kier molecular flexibility index (Phi) is 9.54. The molecule has 0 unspecified atom stereocenters. The molecule has 4 bridgehead atoms. The van der Waals surface area contributed by atoms with Crippen molar-refractivity contribution >= 4 is 29.5 Å². The van der Waals surface area contributed by atoms with Crippen molar-refractivity contribution in [2.45, 2.75) is 30.7 Å². The van der Waals surface area contributed by atoms with Gasteiger partial charge in [0.25, 0.3) is 11.8 Å². The highest BCUT2D eigenvalue weighted by atomic mass is 32.2. The Morgan fingerprint density at radius 1 is 1.00 bits per heavy atom. The molecule has 1 aliphatic heterocycles. The average molecular weight is 551 g/mol. The van der Waals surface area contributed by atoms with Gasteiger partial charge in [0.05, 0.1) is 5.56 Å². The molecular weight excluding hydrogens is 519 g/mol. The maximum atomic E-state index is 14.8. The van der Waals surface area contributed by atoms with Crippen molar-refractivity contribution in [3.8, 4) is 16.9 Å². The van der Waals surface area contributed by atoms with E-state index in [-0.39, 0.29) is 46.6 Å². The van der Waals surface area contributed by atoms with Crippen molar-refractivity contribution < 1.29 is 23.9 Å². The Balaban J connectivity index is 1.57. The molecule has 0 atom stereocenters. The fourth-order valence-corrected chi connectivity index (χ4v) is 5.01. The van der Waals surface area contributed by atoms with E-state index in [4.69, 9.17) is 0 Å². The van der Waals surface area contributed by atoms with Gasteiger partial charge in [0, 0.05) is 55.5 Å². The third-order valence-electron chi connectivity index (χ3n) is 6.52. The van der Waals surface area contributed by atoms with E-state index in [2.05, 4.69) is 15.6 Å². The van der Waals surface area contributed by atoms with E-state index >= 15 is 0 Å². The number of amides is 3.